The largest absolute Gasteiger partial charge is 0.354 e. The molecule has 1 aromatic heterocycles. The van der Waals surface area contributed by atoms with E-state index in [1.165, 1.54) is 17.7 Å². The number of nitriles is 1. The summed E-state index contributed by atoms with van der Waals surface area (Å²) in [6.07, 6.45) is 3.35. The highest BCUT2D eigenvalue weighted by molar-refractivity contribution is 8.00. The number of thioether (sulfide) groups is 1. The van der Waals surface area contributed by atoms with E-state index in [0.29, 0.717) is 5.25 Å². The van der Waals surface area contributed by atoms with Gasteiger partial charge in [0.25, 0.3) is 0 Å². The highest BCUT2D eigenvalue weighted by atomic mass is 32.2. The zero-order valence-corrected chi connectivity index (χ0v) is 11.5. The number of pyridine rings is 1. The first-order chi connectivity index (χ1) is 8.78. The number of hydrogen-bond acceptors (Lipinski definition) is 4. The van der Waals surface area contributed by atoms with Gasteiger partial charge in [-0.15, -0.1) is 0 Å². The molecule has 0 bridgehead atoms. The Hall–Kier alpha value is -1.21. The lowest BCUT2D eigenvalue weighted by atomic mass is 10.1. The Morgan fingerprint density at radius 3 is 3.17 bits per heavy atom. The Morgan fingerprint density at radius 2 is 2.39 bits per heavy atom. The highest BCUT2D eigenvalue weighted by Crippen LogP contribution is 2.29. The quantitative estimate of drug-likeness (QED) is 0.776. The van der Waals surface area contributed by atoms with Gasteiger partial charge in [0.2, 0.25) is 0 Å². The third kappa shape index (κ3) is 2.08. The first-order valence-corrected chi connectivity index (χ1v) is 7.62. The molecule has 2 heterocycles. The summed E-state index contributed by atoms with van der Waals surface area (Å²) in [5.74, 6) is 2.05. The van der Waals surface area contributed by atoms with Crippen LogP contribution in [0.15, 0.2) is 6.07 Å². The third-order valence-electron chi connectivity index (χ3n) is 3.69. The molecule has 1 fully saturated rings. The lowest BCUT2D eigenvalue weighted by molar-refractivity contribution is 0.765. The van der Waals surface area contributed by atoms with Crippen molar-refractivity contribution < 1.29 is 0 Å². The van der Waals surface area contributed by atoms with E-state index in [9.17, 15) is 5.26 Å². The van der Waals surface area contributed by atoms with Crippen molar-refractivity contribution in [3.8, 4) is 6.07 Å². The number of anilines is 1. The number of fused-ring (bicyclic) bond motifs is 1. The van der Waals surface area contributed by atoms with Crippen molar-refractivity contribution in [3.63, 3.8) is 0 Å². The Labute approximate surface area is 112 Å². The van der Waals surface area contributed by atoms with Crippen molar-refractivity contribution in [1.29, 1.82) is 5.26 Å². The number of aromatic nitrogens is 1. The van der Waals surface area contributed by atoms with Gasteiger partial charge in [-0.05, 0) is 30.9 Å². The lowest BCUT2D eigenvalue weighted by Gasteiger charge is -2.32. The predicted molar refractivity (Wildman–Crippen MR) is 75.1 cm³/mol. The molecule has 1 unspecified atom stereocenters. The molecule has 94 valence electrons. The van der Waals surface area contributed by atoms with E-state index in [-0.39, 0.29) is 0 Å². The molecule has 3 rings (SSSR count). The summed E-state index contributed by atoms with van der Waals surface area (Å²) in [4.78, 5) is 7.07. The van der Waals surface area contributed by atoms with Crippen LogP contribution in [0, 0.1) is 11.3 Å². The van der Waals surface area contributed by atoms with Crippen LogP contribution >= 0.6 is 11.8 Å². The summed E-state index contributed by atoms with van der Waals surface area (Å²) in [5, 5.41) is 9.95. The topological polar surface area (TPSA) is 39.9 Å². The second-order valence-corrected chi connectivity index (χ2v) is 6.60. The Morgan fingerprint density at radius 1 is 1.50 bits per heavy atom. The average molecular weight is 259 g/mol. The van der Waals surface area contributed by atoms with Gasteiger partial charge in [-0.25, -0.2) is 4.98 Å². The van der Waals surface area contributed by atoms with Crippen LogP contribution < -0.4 is 4.90 Å². The smallest absolute Gasteiger partial charge is 0.146 e. The van der Waals surface area contributed by atoms with Gasteiger partial charge >= 0.3 is 0 Å². The summed E-state index contributed by atoms with van der Waals surface area (Å²) in [6.45, 7) is 4.26. The normalized spacial score (nSPS) is 22.7. The molecule has 1 aromatic rings. The SMILES string of the molecule is CC1CN(c2nc3c(cc2C#N)CCC3)CCS1. The number of aryl methyl sites for hydroxylation is 2. The summed E-state index contributed by atoms with van der Waals surface area (Å²) < 4.78 is 0. The van der Waals surface area contributed by atoms with Gasteiger partial charge < -0.3 is 4.90 Å². The fourth-order valence-electron chi connectivity index (χ4n) is 2.80. The third-order valence-corrected chi connectivity index (χ3v) is 4.83. The van der Waals surface area contributed by atoms with Gasteiger partial charge in [0.15, 0.2) is 0 Å². The number of rotatable bonds is 1. The maximum atomic E-state index is 9.32. The fraction of sp³-hybridized carbons (Fsp3) is 0.571. The summed E-state index contributed by atoms with van der Waals surface area (Å²) in [6, 6.07) is 4.39. The van der Waals surface area contributed by atoms with E-state index in [1.54, 1.807) is 0 Å². The molecule has 0 saturated carbocycles. The molecule has 0 N–H and O–H groups in total. The maximum absolute atomic E-state index is 9.32. The summed E-state index contributed by atoms with van der Waals surface area (Å²) >= 11 is 2.00. The highest BCUT2D eigenvalue weighted by Gasteiger charge is 2.23. The first-order valence-electron chi connectivity index (χ1n) is 6.57. The van der Waals surface area contributed by atoms with E-state index in [2.05, 4.69) is 24.0 Å². The minimum absolute atomic E-state index is 0.625. The van der Waals surface area contributed by atoms with Gasteiger partial charge in [-0.1, -0.05) is 6.92 Å². The predicted octanol–water partition coefficient (Wildman–Crippen LogP) is 2.38. The van der Waals surface area contributed by atoms with Gasteiger partial charge in [-0.3, -0.25) is 0 Å². The zero-order chi connectivity index (χ0) is 12.5. The molecular weight excluding hydrogens is 242 g/mol. The molecule has 0 radical (unpaired) electrons. The van der Waals surface area contributed by atoms with Gasteiger partial charge in [0.1, 0.15) is 11.9 Å². The van der Waals surface area contributed by atoms with Crippen LogP contribution in [0.4, 0.5) is 5.82 Å². The van der Waals surface area contributed by atoms with E-state index in [0.717, 1.165) is 43.1 Å². The van der Waals surface area contributed by atoms with Crippen LogP contribution in [-0.4, -0.2) is 29.1 Å². The molecule has 0 spiro atoms. The van der Waals surface area contributed by atoms with Crippen LogP contribution in [0.5, 0.6) is 0 Å². The second kappa shape index (κ2) is 4.81. The van der Waals surface area contributed by atoms with Crippen LogP contribution in [0.1, 0.15) is 30.2 Å². The van der Waals surface area contributed by atoms with Crippen molar-refractivity contribution in [2.75, 3.05) is 23.7 Å². The monoisotopic (exact) mass is 259 g/mol. The van der Waals surface area contributed by atoms with Gasteiger partial charge in [0, 0.05) is 29.8 Å². The van der Waals surface area contributed by atoms with Crippen molar-refractivity contribution in [1.82, 2.24) is 4.98 Å². The van der Waals surface area contributed by atoms with Crippen molar-refractivity contribution in [2.24, 2.45) is 0 Å². The van der Waals surface area contributed by atoms with Crippen LogP contribution in [0.3, 0.4) is 0 Å². The Balaban J connectivity index is 1.98. The number of hydrogen-bond donors (Lipinski definition) is 0. The molecular formula is C14H17N3S. The zero-order valence-electron chi connectivity index (χ0n) is 10.6. The molecule has 0 aromatic carbocycles. The second-order valence-electron chi connectivity index (χ2n) is 5.06. The van der Waals surface area contributed by atoms with Crippen molar-refractivity contribution in [2.45, 2.75) is 31.4 Å². The molecule has 4 heteroatoms. The van der Waals surface area contributed by atoms with Crippen molar-refractivity contribution >= 4 is 17.6 Å². The van der Waals surface area contributed by atoms with E-state index in [1.807, 2.05) is 11.8 Å². The lowest BCUT2D eigenvalue weighted by Crippen LogP contribution is -2.37. The maximum Gasteiger partial charge on any atom is 0.146 e. The Kier molecular flexibility index (Phi) is 3.17. The van der Waals surface area contributed by atoms with E-state index in [4.69, 9.17) is 4.98 Å². The fourth-order valence-corrected chi connectivity index (χ4v) is 3.81. The molecule has 18 heavy (non-hydrogen) atoms. The van der Waals surface area contributed by atoms with Crippen LogP contribution in [0.2, 0.25) is 0 Å². The van der Waals surface area contributed by atoms with Gasteiger partial charge in [-0.2, -0.15) is 17.0 Å². The minimum atomic E-state index is 0.625. The van der Waals surface area contributed by atoms with E-state index < -0.39 is 0 Å². The minimum Gasteiger partial charge on any atom is -0.354 e. The van der Waals surface area contributed by atoms with Crippen LogP contribution in [-0.2, 0) is 12.8 Å². The summed E-state index contributed by atoms with van der Waals surface area (Å²) in [5.41, 5.74) is 3.26. The Bertz CT molecular complexity index is 506. The van der Waals surface area contributed by atoms with E-state index >= 15 is 0 Å². The number of nitrogens with zero attached hydrogens (tertiary/aromatic N) is 3. The van der Waals surface area contributed by atoms with Gasteiger partial charge in [0.05, 0.1) is 5.56 Å². The molecule has 1 atom stereocenters. The molecule has 1 aliphatic carbocycles. The standard InChI is InChI=1S/C14H17N3S/c1-10-9-17(5-6-18-10)14-12(8-15)7-11-3-2-4-13(11)16-14/h7,10H,2-6,9H2,1H3. The molecule has 0 amide bonds. The van der Waals surface area contributed by atoms with Crippen molar-refractivity contribution in [3.05, 3.63) is 22.9 Å². The summed E-state index contributed by atoms with van der Waals surface area (Å²) in [7, 11) is 0. The first kappa shape index (κ1) is 11.9. The molecule has 2 aliphatic rings. The van der Waals surface area contributed by atoms with Crippen LogP contribution in [0.25, 0.3) is 0 Å². The molecule has 1 aliphatic heterocycles. The molecule has 1 saturated heterocycles. The molecule has 3 nitrogen and oxygen atoms in total. The average Bonchev–Trinajstić information content (AvgIpc) is 2.84.